The van der Waals surface area contributed by atoms with Crippen LogP contribution in [-0.4, -0.2) is 32.4 Å². The van der Waals surface area contributed by atoms with E-state index in [1.54, 1.807) is 6.20 Å². The van der Waals surface area contributed by atoms with Gasteiger partial charge in [-0.15, -0.1) is 23.2 Å². The van der Waals surface area contributed by atoms with Gasteiger partial charge in [0.15, 0.2) is 0 Å². The van der Waals surface area contributed by atoms with Crippen LogP contribution >= 0.6 is 23.2 Å². The molecule has 2 heterocycles. The Kier molecular flexibility index (Phi) is 4.17. The molecule has 0 spiro atoms. The first kappa shape index (κ1) is 15.1. The molecule has 1 N–H and O–H groups in total. The van der Waals surface area contributed by atoms with Gasteiger partial charge in [-0.25, -0.2) is 4.98 Å². The standard InChI is InChI=1S/C14H19Cl2N3O2/c1-2-19-6-5-17-12(19)11-10(4-3-7-21-11)18-13(20)9-8-14(9,15)16/h5-6,9-11H,2-4,7-8H2,1H3,(H,18,20)/t9?,10-,11-/m1/s1. The molecule has 1 aliphatic heterocycles. The third-order valence-electron chi connectivity index (χ3n) is 4.14. The summed E-state index contributed by atoms with van der Waals surface area (Å²) in [6, 6.07) is -0.0799. The zero-order chi connectivity index (χ0) is 15.0. The van der Waals surface area contributed by atoms with Gasteiger partial charge in [-0.1, -0.05) is 0 Å². The molecule has 1 amide bonds. The minimum absolute atomic E-state index is 0.0799. The van der Waals surface area contributed by atoms with E-state index in [2.05, 4.69) is 17.2 Å². The Morgan fingerprint density at radius 2 is 2.38 bits per heavy atom. The van der Waals surface area contributed by atoms with Crippen molar-refractivity contribution in [2.75, 3.05) is 6.61 Å². The number of hydrogen-bond donors (Lipinski definition) is 1. The highest BCUT2D eigenvalue weighted by molar-refractivity contribution is 6.52. The van der Waals surface area contributed by atoms with Gasteiger partial charge in [0.2, 0.25) is 5.91 Å². The van der Waals surface area contributed by atoms with E-state index in [4.69, 9.17) is 27.9 Å². The monoisotopic (exact) mass is 331 g/mol. The lowest BCUT2D eigenvalue weighted by Gasteiger charge is -2.32. The predicted octanol–water partition coefficient (Wildman–Crippen LogP) is 2.43. The molecule has 1 unspecified atom stereocenters. The summed E-state index contributed by atoms with van der Waals surface area (Å²) in [5.41, 5.74) is 0. The summed E-state index contributed by atoms with van der Waals surface area (Å²) in [5, 5.41) is 3.04. The number of nitrogens with zero attached hydrogens (tertiary/aromatic N) is 2. The maximum absolute atomic E-state index is 12.2. The van der Waals surface area contributed by atoms with Crippen LogP contribution in [0.15, 0.2) is 12.4 Å². The predicted molar refractivity (Wildman–Crippen MR) is 80.3 cm³/mol. The molecular formula is C14H19Cl2N3O2. The quantitative estimate of drug-likeness (QED) is 0.862. The average molecular weight is 332 g/mol. The molecule has 1 saturated heterocycles. The van der Waals surface area contributed by atoms with Gasteiger partial charge in [-0.05, 0) is 26.2 Å². The number of ether oxygens (including phenoxy) is 1. The van der Waals surface area contributed by atoms with Crippen LogP contribution in [0.5, 0.6) is 0 Å². The Morgan fingerprint density at radius 3 is 3.05 bits per heavy atom. The number of alkyl halides is 2. The molecule has 21 heavy (non-hydrogen) atoms. The molecule has 3 atom stereocenters. The van der Waals surface area contributed by atoms with Gasteiger partial charge in [0.05, 0.1) is 12.0 Å². The van der Waals surface area contributed by atoms with E-state index >= 15 is 0 Å². The molecular weight excluding hydrogens is 313 g/mol. The van der Waals surface area contributed by atoms with Crippen LogP contribution in [0.4, 0.5) is 0 Å². The number of hydrogen-bond acceptors (Lipinski definition) is 3. The average Bonchev–Trinajstić information content (AvgIpc) is 2.89. The number of carbonyl (C=O) groups is 1. The Labute approximate surface area is 134 Å². The fourth-order valence-electron chi connectivity index (χ4n) is 2.81. The smallest absolute Gasteiger partial charge is 0.226 e. The molecule has 7 heteroatoms. The van der Waals surface area contributed by atoms with E-state index in [1.807, 2.05) is 10.8 Å². The molecule has 116 valence electrons. The van der Waals surface area contributed by atoms with Gasteiger partial charge in [0, 0.05) is 25.5 Å². The third kappa shape index (κ3) is 3.05. The SMILES string of the molecule is CCn1ccnc1[C@@H]1OCCC[C@H]1NC(=O)C1CC1(Cl)Cl. The van der Waals surface area contributed by atoms with Gasteiger partial charge in [0.25, 0.3) is 0 Å². The second-order valence-electron chi connectivity index (χ2n) is 5.64. The molecule has 2 aliphatic rings. The number of amides is 1. The highest BCUT2D eigenvalue weighted by Gasteiger charge is 2.56. The van der Waals surface area contributed by atoms with Crippen molar-refractivity contribution in [2.24, 2.45) is 5.92 Å². The number of imidazole rings is 1. The first-order valence-electron chi connectivity index (χ1n) is 7.33. The van der Waals surface area contributed by atoms with Crippen molar-refractivity contribution in [2.45, 2.75) is 49.2 Å². The van der Waals surface area contributed by atoms with Crippen molar-refractivity contribution < 1.29 is 9.53 Å². The van der Waals surface area contributed by atoms with Crippen molar-refractivity contribution >= 4 is 29.1 Å². The Bertz CT molecular complexity index is 532. The third-order valence-corrected chi connectivity index (χ3v) is 4.97. The van der Waals surface area contributed by atoms with Crippen LogP contribution in [0.2, 0.25) is 0 Å². The molecule has 2 fully saturated rings. The van der Waals surface area contributed by atoms with Crippen LogP contribution < -0.4 is 5.32 Å². The zero-order valence-electron chi connectivity index (χ0n) is 11.9. The largest absolute Gasteiger partial charge is 0.368 e. The molecule has 1 aromatic heterocycles. The van der Waals surface area contributed by atoms with E-state index in [1.165, 1.54) is 0 Å². The summed E-state index contributed by atoms with van der Waals surface area (Å²) in [6.45, 7) is 3.57. The van der Waals surface area contributed by atoms with Crippen molar-refractivity contribution in [1.29, 1.82) is 0 Å². The van der Waals surface area contributed by atoms with Gasteiger partial charge in [0.1, 0.15) is 16.3 Å². The number of rotatable bonds is 4. The summed E-state index contributed by atoms with van der Waals surface area (Å²) in [7, 11) is 0. The minimum Gasteiger partial charge on any atom is -0.368 e. The van der Waals surface area contributed by atoms with E-state index in [9.17, 15) is 4.79 Å². The fourth-order valence-corrected chi connectivity index (χ4v) is 3.32. The summed E-state index contributed by atoms with van der Waals surface area (Å²) in [4.78, 5) is 16.6. The number of aromatic nitrogens is 2. The number of carbonyl (C=O) groups excluding carboxylic acids is 1. The van der Waals surface area contributed by atoms with Crippen LogP contribution in [0.3, 0.4) is 0 Å². The Morgan fingerprint density at radius 1 is 1.62 bits per heavy atom. The van der Waals surface area contributed by atoms with Crippen molar-refractivity contribution in [3.8, 4) is 0 Å². The highest BCUT2D eigenvalue weighted by atomic mass is 35.5. The van der Waals surface area contributed by atoms with Gasteiger partial charge in [-0.3, -0.25) is 4.79 Å². The fraction of sp³-hybridized carbons (Fsp3) is 0.714. The molecule has 0 bridgehead atoms. The summed E-state index contributed by atoms with van der Waals surface area (Å²) in [6.07, 6.45) is 5.79. The summed E-state index contributed by atoms with van der Waals surface area (Å²) < 4.78 is 7.02. The van der Waals surface area contributed by atoms with Crippen LogP contribution in [0.1, 0.15) is 38.1 Å². The Hall–Kier alpha value is -0.780. The lowest BCUT2D eigenvalue weighted by atomic mass is 10.0. The molecule has 1 aromatic rings. The molecule has 1 saturated carbocycles. The van der Waals surface area contributed by atoms with Crippen molar-refractivity contribution in [3.63, 3.8) is 0 Å². The second-order valence-corrected chi connectivity index (χ2v) is 7.18. The van der Waals surface area contributed by atoms with E-state index in [0.29, 0.717) is 13.0 Å². The minimum atomic E-state index is -0.892. The van der Waals surface area contributed by atoms with Gasteiger partial charge in [-0.2, -0.15) is 0 Å². The molecule has 0 radical (unpaired) electrons. The van der Waals surface area contributed by atoms with Crippen LogP contribution in [-0.2, 0) is 16.1 Å². The number of halogens is 2. The zero-order valence-corrected chi connectivity index (χ0v) is 13.4. The van der Waals surface area contributed by atoms with Crippen LogP contribution in [0.25, 0.3) is 0 Å². The molecule has 0 aromatic carbocycles. The van der Waals surface area contributed by atoms with Crippen LogP contribution in [0, 0.1) is 5.92 Å². The topological polar surface area (TPSA) is 56.1 Å². The molecule has 1 aliphatic carbocycles. The lowest BCUT2D eigenvalue weighted by Crippen LogP contribution is -2.44. The first-order valence-corrected chi connectivity index (χ1v) is 8.09. The van der Waals surface area contributed by atoms with E-state index in [-0.39, 0.29) is 24.0 Å². The maximum atomic E-state index is 12.2. The van der Waals surface area contributed by atoms with Gasteiger partial charge < -0.3 is 14.6 Å². The number of nitrogens with one attached hydrogen (secondary N) is 1. The van der Waals surface area contributed by atoms with E-state index in [0.717, 1.165) is 25.2 Å². The summed E-state index contributed by atoms with van der Waals surface area (Å²) in [5.74, 6) is 0.464. The highest BCUT2D eigenvalue weighted by Crippen LogP contribution is 2.53. The first-order chi connectivity index (χ1) is 10.0. The summed E-state index contributed by atoms with van der Waals surface area (Å²) >= 11 is 11.9. The van der Waals surface area contributed by atoms with Gasteiger partial charge >= 0.3 is 0 Å². The lowest BCUT2D eigenvalue weighted by molar-refractivity contribution is -0.125. The maximum Gasteiger partial charge on any atom is 0.226 e. The number of aryl methyl sites for hydroxylation is 1. The van der Waals surface area contributed by atoms with Crippen molar-refractivity contribution in [3.05, 3.63) is 18.2 Å². The van der Waals surface area contributed by atoms with E-state index < -0.39 is 4.33 Å². The molecule has 3 rings (SSSR count). The second kappa shape index (κ2) is 5.78. The van der Waals surface area contributed by atoms with Crippen molar-refractivity contribution in [1.82, 2.24) is 14.9 Å². The Balaban J connectivity index is 1.71. The molecule has 5 nitrogen and oxygen atoms in total. The normalized spacial score (nSPS) is 30.9.